The van der Waals surface area contributed by atoms with Crippen LogP contribution in [0.2, 0.25) is 0 Å². The lowest BCUT2D eigenvalue weighted by Gasteiger charge is -2.39. The van der Waals surface area contributed by atoms with Gasteiger partial charge in [-0.15, -0.1) is 0 Å². The van der Waals surface area contributed by atoms with Crippen LogP contribution in [0, 0.1) is 35.5 Å². The van der Waals surface area contributed by atoms with Gasteiger partial charge in [-0.05, 0) is 87.1 Å². The second-order valence-electron chi connectivity index (χ2n) is 8.47. The maximum Gasteiger partial charge on any atom is -0.00180 e. The molecule has 0 saturated heterocycles. The molecule has 3 fully saturated rings. The molecule has 0 heterocycles. The Morgan fingerprint density at radius 1 is 0.857 bits per heavy atom. The van der Waals surface area contributed by atoms with Crippen molar-refractivity contribution in [2.75, 3.05) is 13.1 Å². The fraction of sp³-hybridized carbons (Fsp3) is 1.00. The van der Waals surface area contributed by atoms with Crippen LogP contribution in [0.15, 0.2) is 0 Å². The Bertz CT molecular complexity index is 313. The summed E-state index contributed by atoms with van der Waals surface area (Å²) in [6, 6.07) is 0. The fourth-order valence-electron chi connectivity index (χ4n) is 6.04. The molecule has 1 nitrogen and oxygen atoms in total. The first kappa shape index (κ1) is 15.8. The van der Waals surface area contributed by atoms with Crippen molar-refractivity contribution >= 4 is 0 Å². The van der Waals surface area contributed by atoms with Gasteiger partial charge in [-0.2, -0.15) is 0 Å². The Morgan fingerprint density at radius 2 is 1.76 bits per heavy atom. The lowest BCUT2D eigenvalue weighted by molar-refractivity contribution is 0.127. The summed E-state index contributed by atoms with van der Waals surface area (Å²) >= 11 is 0. The van der Waals surface area contributed by atoms with Crippen molar-refractivity contribution in [2.45, 2.75) is 78.1 Å². The molecule has 0 spiro atoms. The van der Waals surface area contributed by atoms with Crippen LogP contribution in [0.4, 0.5) is 0 Å². The molecular weight excluding hydrogens is 254 g/mol. The van der Waals surface area contributed by atoms with Gasteiger partial charge in [-0.1, -0.05) is 39.5 Å². The van der Waals surface area contributed by atoms with Gasteiger partial charge in [0, 0.05) is 0 Å². The predicted molar refractivity (Wildman–Crippen MR) is 91.3 cm³/mol. The Kier molecular flexibility index (Phi) is 5.65. The summed E-state index contributed by atoms with van der Waals surface area (Å²) in [7, 11) is 0. The molecule has 6 unspecified atom stereocenters. The normalized spacial score (nSPS) is 42.6. The van der Waals surface area contributed by atoms with Crippen molar-refractivity contribution in [1.29, 1.82) is 0 Å². The van der Waals surface area contributed by atoms with Gasteiger partial charge >= 0.3 is 0 Å². The van der Waals surface area contributed by atoms with Gasteiger partial charge in [-0.25, -0.2) is 0 Å². The van der Waals surface area contributed by atoms with Gasteiger partial charge in [0.15, 0.2) is 0 Å². The third kappa shape index (κ3) is 3.84. The highest BCUT2D eigenvalue weighted by Gasteiger charge is 2.41. The van der Waals surface area contributed by atoms with E-state index < -0.39 is 0 Å². The smallest absolute Gasteiger partial charge is 0.00180 e. The molecule has 0 radical (unpaired) electrons. The zero-order chi connectivity index (χ0) is 14.7. The molecule has 0 amide bonds. The van der Waals surface area contributed by atoms with Crippen LogP contribution >= 0.6 is 0 Å². The first-order valence-corrected chi connectivity index (χ1v) is 10.0. The molecule has 21 heavy (non-hydrogen) atoms. The maximum absolute atomic E-state index is 3.65. The maximum atomic E-state index is 3.65. The molecule has 1 heteroatoms. The zero-order valence-corrected chi connectivity index (χ0v) is 14.4. The molecule has 3 saturated carbocycles. The van der Waals surface area contributed by atoms with Crippen LogP contribution in [-0.2, 0) is 0 Å². The highest BCUT2D eigenvalue weighted by Crippen LogP contribution is 2.52. The molecule has 1 N–H and O–H groups in total. The van der Waals surface area contributed by atoms with Crippen molar-refractivity contribution < 1.29 is 0 Å². The van der Waals surface area contributed by atoms with Crippen molar-refractivity contribution in [2.24, 2.45) is 35.5 Å². The van der Waals surface area contributed by atoms with Gasteiger partial charge in [0.1, 0.15) is 0 Å². The second-order valence-corrected chi connectivity index (χ2v) is 8.47. The zero-order valence-electron chi connectivity index (χ0n) is 14.4. The van der Waals surface area contributed by atoms with Gasteiger partial charge in [0.2, 0.25) is 0 Å². The van der Waals surface area contributed by atoms with Crippen LogP contribution in [-0.4, -0.2) is 13.1 Å². The first-order valence-electron chi connectivity index (χ1n) is 10.0. The van der Waals surface area contributed by atoms with E-state index in [0.29, 0.717) is 0 Å². The number of rotatable bonds is 7. The van der Waals surface area contributed by atoms with Crippen LogP contribution < -0.4 is 5.32 Å². The third-order valence-electron chi connectivity index (χ3n) is 7.09. The van der Waals surface area contributed by atoms with Gasteiger partial charge in [-0.3, -0.25) is 0 Å². The van der Waals surface area contributed by atoms with Gasteiger partial charge < -0.3 is 5.32 Å². The van der Waals surface area contributed by atoms with E-state index in [1.54, 1.807) is 38.5 Å². The van der Waals surface area contributed by atoms with Crippen molar-refractivity contribution in [3.63, 3.8) is 0 Å². The molecule has 3 aliphatic rings. The second kappa shape index (κ2) is 7.49. The van der Waals surface area contributed by atoms with Crippen molar-refractivity contribution in [3.8, 4) is 0 Å². The van der Waals surface area contributed by atoms with Crippen LogP contribution in [0.1, 0.15) is 78.1 Å². The van der Waals surface area contributed by atoms with Crippen molar-refractivity contribution in [1.82, 2.24) is 5.32 Å². The van der Waals surface area contributed by atoms with E-state index in [9.17, 15) is 0 Å². The summed E-state index contributed by atoms with van der Waals surface area (Å²) in [6.07, 6.45) is 15.3. The van der Waals surface area contributed by atoms with E-state index in [1.165, 1.54) is 32.2 Å². The summed E-state index contributed by atoms with van der Waals surface area (Å²) in [5, 5.41) is 3.65. The SMILES string of the molecule is CCCC1CCC(CNCC)C(CC2CC3CCC2C3)C1. The molecule has 3 aliphatic carbocycles. The molecule has 6 atom stereocenters. The Hall–Kier alpha value is -0.0400. The minimum atomic E-state index is 0.984. The quantitative estimate of drug-likeness (QED) is 0.675. The van der Waals surface area contributed by atoms with E-state index >= 15 is 0 Å². The van der Waals surface area contributed by atoms with E-state index in [-0.39, 0.29) is 0 Å². The van der Waals surface area contributed by atoms with Gasteiger partial charge in [0.25, 0.3) is 0 Å². The Balaban J connectivity index is 1.56. The lowest BCUT2D eigenvalue weighted by Crippen LogP contribution is -2.34. The standard InChI is InChI=1S/C20H37N/c1-3-5-15-6-9-18(14-21-4-2)20(10-15)13-19-12-16-7-8-17(19)11-16/h15-21H,3-14H2,1-2H3. The molecular formula is C20H37N. The van der Waals surface area contributed by atoms with Crippen LogP contribution in [0.25, 0.3) is 0 Å². The summed E-state index contributed by atoms with van der Waals surface area (Å²) in [6.45, 7) is 7.07. The average molecular weight is 292 g/mol. The molecule has 0 aromatic heterocycles. The summed E-state index contributed by atoms with van der Waals surface area (Å²) in [5.74, 6) is 6.44. The van der Waals surface area contributed by atoms with Gasteiger partial charge in [0.05, 0.1) is 0 Å². The summed E-state index contributed by atoms with van der Waals surface area (Å²) in [4.78, 5) is 0. The summed E-state index contributed by atoms with van der Waals surface area (Å²) in [5.41, 5.74) is 0. The summed E-state index contributed by atoms with van der Waals surface area (Å²) < 4.78 is 0. The van der Waals surface area contributed by atoms with Crippen LogP contribution in [0.3, 0.4) is 0 Å². The fourth-order valence-corrected chi connectivity index (χ4v) is 6.04. The first-order chi connectivity index (χ1) is 10.3. The molecule has 3 rings (SSSR count). The van der Waals surface area contributed by atoms with E-state index in [0.717, 1.165) is 42.1 Å². The topological polar surface area (TPSA) is 12.0 Å². The van der Waals surface area contributed by atoms with Crippen LogP contribution in [0.5, 0.6) is 0 Å². The molecule has 122 valence electrons. The number of fused-ring (bicyclic) bond motifs is 2. The Labute approximate surface area is 132 Å². The number of hydrogen-bond acceptors (Lipinski definition) is 1. The molecule has 0 aromatic carbocycles. The van der Waals surface area contributed by atoms with Crippen molar-refractivity contribution in [3.05, 3.63) is 0 Å². The predicted octanol–water partition coefficient (Wildman–Crippen LogP) is 5.25. The largest absolute Gasteiger partial charge is 0.317 e. The minimum Gasteiger partial charge on any atom is -0.317 e. The molecule has 2 bridgehead atoms. The molecule has 0 aliphatic heterocycles. The van der Waals surface area contributed by atoms with E-state index in [2.05, 4.69) is 19.2 Å². The number of hydrogen-bond donors (Lipinski definition) is 1. The number of nitrogens with one attached hydrogen (secondary N) is 1. The molecule has 0 aromatic rings. The third-order valence-corrected chi connectivity index (χ3v) is 7.09. The average Bonchev–Trinajstić information content (AvgIpc) is 3.09. The lowest BCUT2D eigenvalue weighted by atomic mass is 9.68. The monoisotopic (exact) mass is 291 g/mol. The highest BCUT2D eigenvalue weighted by molar-refractivity contribution is 4.93. The minimum absolute atomic E-state index is 0.984. The Morgan fingerprint density at radius 3 is 2.43 bits per heavy atom. The van der Waals surface area contributed by atoms with E-state index in [4.69, 9.17) is 0 Å². The van der Waals surface area contributed by atoms with E-state index in [1.807, 2.05) is 0 Å². The highest BCUT2D eigenvalue weighted by atomic mass is 14.8.